The van der Waals surface area contributed by atoms with Crippen LogP contribution in [0.25, 0.3) is 0 Å². The van der Waals surface area contributed by atoms with Crippen LogP contribution in [-0.4, -0.2) is 18.2 Å². The van der Waals surface area contributed by atoms with Crippen LogP contribution in [0.1, 0.15) is 18.6 Å². The van der Waals surface area contributed by atoms with E-state index in [1.165, 1.54) is 6.07 Å². The smallest absolute Gasteiger partial charge is 0.146 e. The number of benzene rings is 1. The Morgan fingerprint density at radius 1 is 1.35 bits per heavy atom. The van der Waals surface area contributed by atoms with E-state index >= 15 is 0 Å². The summed E-state index contributed by atoms with van der Waals surface area (Å²) in [5, 5.41) is 9.37. The van der Waals surface area contributed by atoms with E-state index in [0.29, 0.717) is 24.3 Å². The molecule has 1 aromatic carbocycles. The van der Waals surface area contributed by atoms with Gasteiger partial charge in [0.2, 0.25) is 0 Å². The van der Waals surface area contributed by atoms with Gasteiger partial charge in [-0.3, -0.25) is 0 Å². The first-order valence-corrected chi connectivity index (χ1v) is 5.54. The Bertz CT molecular complexity index is 391. The summed E-state index contributed by atoms with van der Waals surface area (Å²) in [7, 11) is 0. The van der Waals surface area contributed by atoms with Gasteiger partial charge < -0.3 is 10.0 Å². The van der Waals surface area contributed by atoms with Gasteiger partial charge in [0.1, 0.15) is 5.82 Å². The van der Waals surface area contributed by atoms with Crippen molar-refractivity contribution >= 4 is 5.69 Å². The van der Waals surface area contributed by atoms with Gasteiger partial charge in [0.15, 0.2) is 0 Å². The molecular formula is C14H18FNO. The molecule has 1 rings (SSSR count). The fraction of sp³-hybridized carbons (Fsp3) is 0.286. The van der Waals surface area contributed by atoms with Crippen LogP contribution in [0.5, 0.6) is 0 Å². The first kappa shape index (κ1) is 13.5. The number of hydrogen-bond acceptors (Lipinski definition) is 2. The Balaban J connectivity index is 3.03. The average molecular weight is 235 g/mol. The predicted molar refractivity (Wildman–Crippen MR) is 69.6 cm³/mol. The molecule has 0 aliphatic heterocycles. The van der Waals surface area contributed by atoms with Gasteiger partial charge in [-0.25, -0.2) is 4.39 Å². The van der Waals surface area contributed by atoms with Crippen LogP contribution >= 0.6 is 0 Å². The van der Waals surface area contributed by atoms with Crippen LogP contribution in [0.15, 0.2) is 43.5 Å². The lowest BCUT2D eigenvalue weighted by atomic mass is 10.1. The molecule has 92 valence electrons. The highest BCUT2D eigenvalue weighted by Crippen LogP contribution is 2.23. The SMILES string of the molecule is C=CCN(CC=C)c1ccc([C@H](C)O)cc1F. The average Bonchev–Trinajstić information content (AvgIpc) is 2.28. The molecule has 0 amide bonds. The fourth-order valence-corrected chi connectivity index (χ4v) is 1.62. The van der Waals surface area contributed by atoms with Crippen molar-refractivity contribution in [3.63, 3.8) is 0 Å². The maximum atomic E-state index is 13.9. The molecule has 1 atom stereocenters. The summed E-state index contributed by atoms with van der Waals surface area (Å²) in [6, 6.07) is 4.76. The number of aliphatic hydroxyl groups is 1. The summed E-state index contributed by atoms with van der Waals surface area (Å²) in [6.07, 6.45) is 2.77. The van der Waals surface area contributed by atoms with Crippen LogP contribution in [-0.2, 0) is 0 Å². The van der Waals surface area contributed by atoms with Crippen molar-refractivity contribution < 1.29 is 9.50 Å². The fourth-order valence-electron chi connectivity index (χ4n) is 1.62. The first-order chi connectivity index (χ1) is 8.10. The monoisotopic (exact) mass is 235 g/mol. The van der Waals surface area contributed by atoms with Gasteiger partial charge in [0, 0.05) is 13.1 Å². The van der Waals surface area contributed by atoms with Gasteiger partial charge in [0.05, 0.1) is 11.8 Å². The standard InChI is InChI=1S/C14H18FNO/c1-4-8-16(9-5-2)14-7-6-12(11(3)17)10-13(14)15/h4-7,10-11,17H,1-2,8-9H2,3H3/t11-/m0/s1. The van der Waals surface area contributed by atoms with Crippen LogP contribution in [0.3, 0.4) is 0 Å². The lowest BCUT2D eigenvalue weighted by Crippen LogP contribution is -2.24. The summed E-state index contributed by atoms with van der Waals surface area (Å²) in [5.74, 6) is -0.341. The van der Waals surface area contributed by atoms with E-state index in [1.54, 1.807) is 31.2 Å². The highest BCUT2D eigenvalue weighted by atomic mass is 19.1. The molecule has 0 unspecified atom stereocenters. The molecule has 0 aliphatic rings. The van der Waals surface area contributed by atoms with Crippen LogP contribution in [0.2, 0.25) is 0 Å². The zero-order valence-electron chi connectivity index (χ0n) is 10.1. The zero-order valence-corrected chi connectivity index (χ0v) is 10.1. The Morgan fingerprint density at radius 2 is 1.94 bits per heavy atom. The lowest BCUT2D eigenvalue weighted by molar-refractivity contribution is 0.199. The van der Waals surface area contributed by atoms with Gasteiger partial charge in [-0.15, -0.1) is 13.2 Å². The second-order valence-electron chi connectivity index (χ2n) is 3.87. The van der Waals surface area contributed by atoms with E-state index in [9.17, 15) is 9.50 Å². The maximum Gasteiger partial charge on any atom is 0.146 e. The number of hydrogen-bond donors (Lipinski definition) is 1. The molecule has 0 fully saturated rings. The molecule has 0 spiro atoms. The molecular weight excluding hydrogens is 217 g/mol. The molecule has 0 saturated heterocycles. The van der Waals surface area contributed by atoms with Gasteiger partial charge >= 0.3 is 0 Å². The second kappa shape index (κ2) is 6.21. The minimum absolute atomic E-state index is 0.341. The number of anilines is 1. The molecule has 3 heteroatoms. The third-order valence-corrected chi connectivity index (χ3v) is 2.49. The summed E-state index contributed by atoms with van der Waals surface area (Å²) in [6.45, 7) is 10.0. The molecule has 0 aromatic heterocycles. The lowest BCUT2D eigenvalue weighted by Gasteiger charge is -2.22. The Hall–Kier alpha value is -1.61. The largest absolute Gasteiger partial charge is 0.389 e. The van der Waals surface area contributed by atoms with Gasteiger partial charge in [-0.2, -0.15) is 0 Å². The van der Waals surface area contributed by atoms with Crippen molar-refractivity contribution in [1.29, 1.82) is 0 Å². The van der Waals surface area contributed by atoms with Crippen molar-refractivity contribution in [2.75, 3.05) is 18.0 Å². The van der Waals surface area contributed by atoms with Crippen molar-refractivity contribution in [2.45, 2.75) is 13.0 Å². The van der Waals surface area contributed by atoms with Crippen molar-refractivity contribution in [3.05, 3.63) is 54.9 Å². The normalized spacial score (nSPS) is 11.9. The topological polar surface area (TPSA) is 23.5 Å². The third-order valence-electron chi connectivity index (χ3n) is 2.49. The molecule has 0 aliphatic carbocycles. The molecule has 0 radical (unpaired) electrons. The Morgan fingerprint density at radius 3 is 2.35 bits per heavy atom. The van der Waals surface area contributed by atoms with E-state index in [0.717, 1.165) is 0 Å². The predicted octanol–water partition coefficient (Wildman–Crippen LogP) is 3.06. The first-order valence-electron chi connectivity index (χ1n) is 5.54. The summed E-state index contributed by atoms with van der Waals surface area (Å²) in [4.78, 5) is 1.82. The zero-order chi connectivity index (χ0) is 12.8. The van der Waals surface area contributed by atoms with E-state index in [-0.39, 0.29) is 5.82 Å². The van der Waals surface area contributed by atoms with Crippen molar-refractivity contribution in [1.82, 2.24) is 0 Å². The van der Waals surface area contributed by atoms with Crippen LogP contribution < -0.4 is 4.90 Å². The van der Waals surface area contributed by atoms with E-state index in [2.05, 4.69) is 13.2 Å². The van der Waals surface area contributed by atoms with Crippen LogP contribution in [0, 0.1) is 5.82 Å². The maximum absolute atomic E-state index is 13.9. The summed E-state index contributed by atoms with van der Waals surface area (Å²) in [5.41, 5.74) is 1.07. The minimum Gasteiger partial charge on any atom is -0.389 e. The van der Waals surface area contributed by atoms with E-state index < -0.39 is 6.10 Å². The number of aliphatic hydroxyl groups excluding tert-OH is 1. The van der Waals surface area contributed by atoms with E-state index in [4.69, 9.17) is 0 Å². The molecule has 0 heterocycles. The van der Waals surface area contributed by atoms with Gasteiger partial charge in [-0.05, 0) is 24.6 Å². The van der Waals surface area contributed by atoms with Crippen molar-refractivity contribution in [3.8, 4) is 0 Å². The quantitative estimate of drug-likeness (QED) is 0.766. The van der Waals surface area contributed by atoms with Crippen molar-refractivity contribution in [2.24, 2.45) is 0 Å². The van der Waals surface area contributed by atoms with E-state index in [1.807, 2.05) is 4.90 Å². The second-order valence-corrected chi connectivity index (χ2v) is 3.87. The van der Waals surface area contributed by atoms with Crippen LogP contribution in [0.4, 0.5) is 10.1 Å². The van der Waals surface area contributed by atoms with Gasteiger partial charge in [-0.1, -0.05) is 18.2 Å². The number of rotatable bonds is 6. The molecule has 1 N–H and O–H groups in total. The highest BCUT2D eigenvalue weighted by Gasteiger charge is 2.11. The van der Waals surface area contributed by atoms with Gasteiger partial charge in [0.25, 0.3) is 0 Å². The molecule has 0 bridgehead atoms. The Kier molecular flexibility index (Phi) is 4.91. The Labute approximate surface area is 102 Å². The molecule has 1 aromatic rings. The minimum atomic E-state index is -0.661. The number of halogens is 1. The highest BCUT2D eigenvalue weighted by molar-refractivity contribution is 5.50. The summed E-state index contributed by atoms with van der Waals surface area (Å²) < 4.78 is 13.9. The number of nitrogens with zero attached hydrogens (tertiary/aromatic N) is 1. The third kappa shape index (κ3) is 3.43. The molecule has 2 nitrogen and oxygen atoms in total. The molecule has 17 heavy (non-hydrogen) atoms. The summed E-state index contributed by atoms with van der Waals surface area (Å²) >= 11 is 0. The molecule has 0 saturated carbocycles.